The molecule has 21 heavy (non-hydrogen) atoms. The molecule has 114 valence electrons. The summed E-state index contributed by atoms with van der Waals surface area (Å²) in [5.41, 5.74) is 0.816. The van der Waals surface area contributed by atoms with Crippen LogP contribution in [0.2, 0.25) is 0 Å². The summed E-state index contributed by atoms with van der Waals surface area (Å²) in [7, 11) is 0. The van der Waals surface area contributed by atoms with E-state index >= 15 is 0 Å². The van der Waals surface area contributed by atoms with Crippen LogP contribution < -0.4 is 5.32 Å². The molecule has 0 saturated carbocycles. The van der Waals surface area contributed by atoms with Gasteiger partial charge in [0, 0.05) is 11.0 Å². The fraction of sp³-hybridized carbons (Fsp3) is 0.385. The molecule has 1 heterocycles. The van der Waals surface area contributed by atoms with E-state index in [0.717, 1.165) is 10.0 Å². The van der Waals surface area contributed by atoms with Crippen LogP contribution in [-0.4, -0.2) is 36.4 Å². The molecular formula is C13H14BrF2N3O2. The summed E-state index contributed by atoms with van der Waals surface area (Å²) < 4.78 is 34.8. The van der Waals surface area contributed by atoms with Crippen molar-refractivity contribution in [2.24, 2.45) is 0 Å². The molecule has 0 saturated heterocycles. The fourth-order valence-electron chi connectivity index (χ4n) is 1.58. The van der Waals surface area contributed by atoms with Gasteiger partial charge in [0.2, 0.25) is 11.8 Å². The smallest absolute Gasteiger partial charge is 0.261 e. The predicted molar refractivity (Wildman–Crippen MR) is 76.0 cm³/mol. The van der Waals surface area contributed by atoms with E-state index in [1.807, 2.05) is 24.3 Å². The Kier molecular flexibility index (Phi) is 6.21. The molecule has 0 aliphatic carbocycles. The number of hydrogen-bond acceptors (Lipinski definition) is 5. The first-order chi connectivity index (χ1) is 10.2. The van der Waals surface area contributed by atoms with E-state index in [0.29, 0.717) is 24.9 Å². The summed E-state index contributed by atoms with van der Waals surface area (Å²) in [6, 6.07) is 7.53. The van der Waals surface area contributed by atoms with Crippen molar-refractivity contribution >= 4 is 15.9 Å². The molecule has 0 aliphatic heterocycles. The van der Waals surface area contributed by atoms with Gasteiger partial charge in [-0.1, -0.05) is 12.1 Å². The average Bonchev–Trinajstić information content (AvgIpc) is 2.91. The third-order valence-electron chi connectivity index (χ3n) is 2.51. The third-order valence-corrected chi connectivity index (χ3v) is 3.21. The third kappa shape index (κ3) is 5.14. The number of rotatable bonds is 8. The van der Waals surface area contributed by atoms with Crippen LogP contribution in [0.4, 0.5) is 8.78 Å². The fourth-order valence-corrected chi connectivity index (χ4v) is 2.03. The Morgan fingerprint density at radius 3 is 2.86 bits per heavy atom. The summed E-state index contributed by atoms with van der Waals surface area (Å²) in [5.74, 6) is 0.850. The molecule has 1 aromatic carbocycles. The molecule has 2 aromatic rings. The zero-order chi connectivity index (χ0) is 15.1. The Hall–Kier alpha value is -1.38. The standard InChI is InChI=1S/C13H14BrF2N3O2/c14-10-4-2-1-3-9(10)13-19-18-12(21-13)7-17-5-6-20-8-11(15)16/h1-4,11,17H,5-8H2. The summed E-state index contributed by atoms with van der Waals surface area (Å²) in [4.78, 5) is 0. The molecule has 0 unspecified atom stereocenters. The molecule has 5 nitrogen and oxygen atoms in total. The van der Waals surface area contributed by atoms with Gasteiger partial charge in [-0.3, -0.25) is 0 Å². The molecule has 0 amide bonds. The number of halogens is 3. The molecule has 1 aromatic heterocycles. The van der Waals surface area contributed by atoms with Crippen LogP contribution in [-0.2, 0) is 11.3 Å². The second-order valence-electron chi connectivity index (χ2n) is 4.12. The highest BCUT2D eigenvalue weighted by Gasteiger charge is 2.10. The Morgan fingerprint density at radius 1 is 1.29 bits per heavy atom. The van der Waals surface area contributed by atoms with Crippen molar-refractivity contribution in [1.82, 2.24) is 15.5 Å². The van der Waals surface area contributed by atoms with E-state index in [4.69, 9.17) is 9.15 Å². The van der Waals surface area contributed by atoms with Crippen molar-refractivity contribution in [2.45, 2.75) is 13.0 Å². The summed E-state index contributed by atoms with van der Waals surface area (Å²) in [6.45, 7) is 0.443. The van der Waals surface area contributed by atoms with Crippen molar-refractivity contribution in [1.29, 1.82) is 0 Å². The minimum atomic E-state index is -2.44. The van der Waals surface area contributed by atoms with Crippen molar-refractivity contribution in [2.75, 3.05) is 19.8 Å². The lowest BCUT2D eigenvalue weighted by molar-refractivity contribution is 0.0186. The number of hydrogen-bond donors (Lipinski definition) is 1. The van der Waals surface area contributed by atoms with E-state index in [2.05, 4.69) is 31.4 Å². The van der Waals surface area contributed by atoms with Crippen molar-refractivity contribution in [3.8, 4) is 11.5 Å². The number of benzene rings is 1. The quantitative estimate of drug-likeness (QED) is 0.732. The lowest BCUT2D eigenvalue weighted by atomic mass is 10.2. The van der Waals surface area contributed by atoms with Crippen molar-refractivity contribution in [3.63, 3.8) is 0 Å². The molecular weight excluding hydrogens is 348 g/mol. The molecule has 0 bridgehead atoms. The van der Waals surface area contributed by atoms with Gasteiger partial charge in [0.15, 0.2) is 0 Å². The van der Waals surface area contributed by atoms with E-state index in [1.165, 1.54) is 0 Å². The maximum atomic E-state index is 11.8. The molecule has 0 atom stereocenters. The predicted octanol–water partition coefficient (Wildman–Crippen LogP) is 2.87. The second-order valence-corrected chi connectivity index (χ2v) is 4.98. The lowest BCUT2D eigenvalue weighted by Gasteiger charge is -2.03. The van der Waals surface area contributed by atoms with E-state index in [-0.39, 0.29) is 6.61 Å². The maximum Gasteiger partial charge on any atom is 0.261 e. The first kappa shape index (κ1) is 16.0. The maximum absolute atomic E-state index is 11.8. The summed E-state index contributed by atoms with van der Waals surface area (Å²) in [6.07, 6.45) is -2.44. The molecule has 0 aliphatic rings. The molecule has 2 rings (SSSR count). The van der Waals surface area contributed by atoms with Gasteiger partial charge in [-0.15, -0.1) is 10.2 Å². The van der Waals surface area contributed by atoms with Crippen LogP contribution >= 0.6 is 15.9 Å². The van der Waals surface area contributed by atoms with Crippen LogP contribution in [0.3, 0.4) is 0 Å². The number of nitrogens with zero attached hydrogens (tertiary/aromatic N) is 2. The molecule has 0 fully saturated rings. The topological polar surface area (TPSA) is 60.2 Å². The number of aromatic nitrogens is 2. The van der Waals surface area contributed by atoms with Gasteiger partial charge in [0.25, 0.3) is 6.43 Å². The minimum Gasteiger partial charge on any atom is -0.419 e. The highest BCUT2D eigenvalue weighted by atomic mass is 79.9. The van der Waals surface area contributed by atoms with Crippen LogP contribution in [0.5, 0.6) is 0 Å². The van der Waals surface area contributed by atoms with E-state index in [1.54, 1.807) is 0 Å². The first-order valence-electron chi connectivity index (χ1n) is 6.30. The monoisotopic (exact) mass is 361 g/mol. The molecule has 0 radical (unpaired) electrons. The Balaban J connectivity index is 1.78. The van der Waals surface area contributed by atoms with Gasteiger partial charge >= 0.3 is 0 Å². The molecule has 1 N–H and O–H groups in total. The lowest BCUT2D eigenvalue weighted by Crippen LogP contribution is -2.20. The van der Waals surface area contributed by atoms with Crippen LogP contribution in [0.25, 0.3) is 11.5 Å². The number of alkyl halides is 2. The Morgan fingerprint density at radius 2 is 2.10 bits per heavy atom. The van der Waals surface area contributed by atoms with Crippen molar-refractivity contribution < 1.29 is 17.9 Å². The van der Waals surface area contributed by atoms with Crippen LogP contribution in [0, 0.1) is 0 Å². The van der Waals surface area contributed by atoms with Gasteiger partial charge in [0.1, 0.15) is 6.61 Å². The number of nitrogens with one attached hydrogen (secondary N) is 1. The Bertz CT molecular complexity index is 566. The van der Waals surface area contributed by atoms with Gasteiger partial charge in [-0.05, 0) is 28.1 Å². The zero-order valence-corrected chi connectivity index (χ0v) is 12.6. The van der Waals surface area contributed by atoms with E-state index < -0.39 is 13.0 Å². The SMILES string of the molecule is FC(F)COCCNCc1nnc(-c2ccccc2Br)o1. The average molecular weight is 362 g/mol. The molecule has 0 spiro atoms. The highest BCUT2D eigenvalue weighted by Crippen LogP contribution is 2.26. The largest absolute Gasteiger partial charge is 0.419 e. The normalized spacial score (nSPS) is 11.2. The first-order valence-corrected chi connectivity index (χ1v) is 7.10. The Labute approximate surface area is 128 Å². The highest BCUT2D eigenvalue weighted by molar-refractivity contribution is 9.10. The zero-order valence-electron chi connectivity index (χ0n) is 11.1. The summed E-state index contributed by atoms with van der Waals surface area (Å²) >= 11 is 3.41. The van der Waals surface area contributed by atoms with Gasteiger partial charge < -0.3 is 14.5 Å². The van der Waals surface area contributed by atoms with Crippen molar-refractivity contribution in [3.05, 3.63) is 34.6 Å². The van der Waals surface area contributed by atoms with E-state index in [9.17, 15) is 8.78 Å². The summed E-state index contributed by atoms with van der Waals surface area (Å²) in [5, 5.41) is 10.9. The second kappa shape index (κ2) is 8.16. The van der Waals surface area contributed by atoms with Gasteiger partial charge in [-0.2, -0.15) is 0 Å². The van der Waals surface area contributed by atoms with Gasteiger partial charge in [0.05, 0.1) is 18.7 Å². The van der Waals surface area contributed by atoms with Gasteiger partial charge in [-0.25, -0.2) is 8.78 Å². The van der Waals surface area contributed by atoms with Crippen LogP contribution in [0.1, 0.15) is 5.89 Å². The number of ether oxygens (including phenoxy) is 1. The minimum absolute atomic E-state index is 0.204. The molecule has 8 heteroatoms. The van der Waals surface area contributed by atoms with Crippen LogP contribution in [0.15, 0.2) is 33.2 Å².